The molecule has 0 bridgehead atoms. The first-order valence-corrected chi connectivity index (χ1v) is 5.56. The average Bonchev–Trinajstić information content (AvgIpc) is 2.60. The van der Waals surface area contributed by atoms with Crippen LogP contribution in [0.1, 0.15) is 21.6 Å². The molecule has 0 aliphatic heterocycles. The van der Waals surface area contributed by atoms with Gasteiger partial charge in [-0.1, -0.05) is 17.7 Å². The normalized spacial score (nSPS) is 10.6. The van der Waals surface area contributed by atoms with Crippen molar-refractivity contribution in [2.45, 2.75) is 13.5 Å². The quantitative estimate of drug-likeness (QED) is 0.931. The highest BCUT2D eigenvalue weighted by Gasteiger charge is 2.11. The number of aryl methyl sites for hydroxylation is 1. The third-order valence-corrected chi connectivity index (χ3v) is 2.86. The molecular weight excluding hydrogens is 259 g/mol. The van der Waals surface area contributed by atoms with E-state index in [2.05, 4.69) is 5.10 Å². The summed E-state index contributed by atoms with van der Waals surface area (Å²) in [5.74, 6) is -2.04. The number of hydrogen-bond donors (Lipinski definition) is 1. The van der Waals surface area contributed by atoms with E-state index in [-0.39, 0.29) is 5.56 Å². The predicted octanol–water partition coefficient (Wildman–Crippen LogP) is 2.73. The molecule has 6 heteroatoms. The van der Waals surface area contributed by atoms with Crippen molar-refractivity contribution in [2.75, 3.05) is 0 Å². The van der Waals surface area contributed by atoms with E-state index in [4.69, 9.17) is 16.7 Å². The molecule has 2 aromatic rings. The zero-order valence-corrected chi connectivity index (χ0v) is 10.3. The van der Waals surface area contributed by atoms with Gasteiger partial charge < -0.3 is 5.11 Å². The van der Waals surface area contributed by atoms with Crippen molar-refractivity contribution in [1.82, 2.24) is 9.78 Å². The van der Waals surface area contributed by atoms with Gasteiger partial charge in [0.15, 0.2) is 0 Å². The summed E-state index contributed by atoms with van der Waals surface area (Å²) in [5.41, 5.74) is 0.993. The molecule has 0 radical (unpaired) electrons. The van der Waals surface area contributed by atoms with Crippen LogP contribution in [-0.4, -0.2) is 20.9 Å². The van der Waals surface area contributed by atoms with Gasteiger partial charge in [0.25, 0.3) is 0 Å². The number of benzene rings is 1. The van der Waals surface area contributed by atoms with Gasteiger partial charge >= 0.3 is 5.97 Å². The smallest absolute Gasteiger partial charge is 0.338 e. The summed E-state index contributed by atoms with van der Waals surface area (Å²) in [6.45, 7) is 2.11. The van der Waals surface area contributed by atoms with Crippen LogP contribution in [0.4, 0.5) is 4.39 Å². The van der Waals surface area contributed by atoms with Gasteiger partial charge in [-0.05, 0) is 24.6 Å². The summed E-state index contributed by atoms with van der Waals surface area (Å²) in [4.78, 5) is 10.8. The molecule has 0 spiro atoms. The standard InChI is InChI=1S/C12H10ClFN2O2/c1-7-10(13)6-16(15-7)5-8-2-3-11(14)9(4-8)12(17)18/h2-4,6H,5H2,1H3,(H,17,18). The summed E-state index contributed by atoms with van der Waals surface area (Å²) >= 11 is 5.87. The molecular formula is C12H10ClFN2O2. The summed E-state index contributed by atoms with van der Waals surface area (Å²) < 4.78 is 14.8. The van der Waals surface area contributed by atoms with Crippen molar-refractivity contribution >= 4 is 17.6 Å². The third kappa shape index (κ3) is 2.51. The Morgan fingerprint density at radius 2 is 2.28 bits per heavy atom. The molecule has 2 rings (SSSR count). The highest BCUT2D eigenvalue weighted by molar-refractivity contribution is 6.31. The maximum absolute atomic E-state index is 13.2. The number of carboxylic acids is 1. The van der Waals surface area contributed by atoms with E-state index in [1.54, 1.807) is 17.8 Å². The van der Waals surface area contributed by atoms with Crippen LogP contribution >= 0.6 is 11.6 Å². The number of carboxylic acid groups (broad SMARTS) is 1. The topological polar surface area (TPSA) is 55.1 Å². The lowest BCUT2D eigenvalue weighted by atomic mass is 10.1. The molecule has 0 saturated heterocycles. The van der Waals surface area contributed by atoms with E-state index in [1.807, 2.05) is 0 Å². The minimum atomic E-state index is -1.29. The van der Waals surface area contributed by atoms with Gasteiger partial charge in [0, 0.05) is 6.20 Å². The van der Waals surface area contributed by atoms with Crippen molar-refractivity contribution in [2.24, 2.45) is 0 Å². The number of carbonyl (C=O) groups is 1. The second-order valence-corrected chi connectivity index (χ2v) is 4.29. The minimum Gasteiger partial charge on any atom is -0.478 e. The monoisotopic (exact) mass is 268 g/mol. The van der Waals surface area contributed by atoms with E-state index >= 15 is 0 Å². The third-order valence-electron chi connectivity index (χ3n) is 2.49. The largest absolute Gasteiger partial charge is 0.478 e. The van der Waals surface area contributed by atoms with Crippen LogP contribution in [0, 0.1) is 12.7 Å². The summed E-state index contributed by atoms with van der Waals surface area (Å²) in [6, 6.07) is 3.95. The molecule has 0 saturated carbocycles. The number of aromatic nitrogens is 2. The van der Waals surface area contributed by atoms with Crippen LogP contribution in [0.5, 0.6) is 0 Å². The van der Waals surface area contributed by atoms with Gasteiger partial charge in [0.05, 0.1) is 22.8 Å². The van der Waals surface area contributed by atoms with Crippen LogP contribution in [0.3, 0.4) is 0 Å². The Hall–Kier alpha value is -1.88. The number of hydrogen-bond acceptors (Lipinski definition) is 2. The number of halogens is 2. The molecule has 18 heavy (non-hydrogen) atoms. The fraction of sp³-hybridized carbons (Fsp3) is 0.167. The molecule has 0 aliphatic carbocycles. The fourth-order valence-corrected chi connectivity index (χ4v) is 1.75. The fourth-order valence-electron chi connectivity index (χ4n) is 1.60. The Bertz CT molecular complexity index is 591. The predicted molar refractivity (Wildman–Crippen MR) is 64.4 cm³/mol. The number of nitrogens with zero attached hydrogens (tertiary/aromatic N) is 2. The first kappa shape index (κ1) is 12.6. The summed E-state index contributed by atoms with van der Waals surface area (Å²) in [7, 11) is 0. The van der Waals surface area contributed by atoms with Crippen LogP contribution in [0.2, 0.25) is 5.02 Å². The second kappa shape index (κ2) is 4.78. The molecule has 0 atom stereocenters. The molecule has 0 fully saturated rings. The summed E-state index contributed by atoms with van der Waals surface area (Å²) in [5, 5.41) is 13.5. The van der Waals surface area contributed by atoms with Gasteiger partial charge in [-0.15, -0.1) is 0 Å². The van der Waals surface area contributed by atoms with Gasteiger partial charge in [-0.3, -0.25) is 4.68 Å². The molecule has 0 amide bonds. The number of aromatic carboxylic acids is 1. The molecule has 0 aliphatic rings. The van der Waals surface area contributed by atoms with E-state index < -0.39 is 11.8 Å². The Morgan fingerprint density at radius 1 is 1.56 bits per heavy atom. The Morgan fingerprint density at radius 3 is 2.83 bits per heavy atom. The maximum Gasteiger partial charge on any atom is 0.338 e. The minimum absolute atomic E-state index is 0.341. The van der Waals surface area contributed by atoms with E-state index in [0.717, 1.165) is 6.07 Å². The molecule has 1 aromatic carbocycles. The first-order chi connectivity index (χ1) is 8.47. The molecule has 94 valence electrons. The maximum atomic E-state index is 13.2. The van der Waals surface area contributed by atoms with Crippen LogP contribution in [-0.2, 0) is 6.54 Å². The molecule has 0 unspecified atom stereocenters. The zero-order valence-electron chi connectivity index (χ0n) is 9.52. The highest BCUT2D eigenvalue weighted by Crippen LogP contribution is 2.15. The van der Waals surface area contributed by atoms with E-state index in [9.17, 15) is 9.18 Å². The Kier molecular flexibility index (Phi) is 3.34. The van der Waals surface area contributed by atoms with Gasteiger partial charge in [-0.25, -0.2) is 9.18 Å². The highest BCUT2D eigenvalue weighted by atomic mass is 35.5. The second-order valence-electron chi connectivity index (χ2n) is 3.88. The van der Waals surface area contributed by atoms with Gasteiger partial charge in [0.2, 0.25) is 0 Å². The molecule has 1 N–H and O–H groups in total. The molecule has 1 heterocycles. The lowest BCUT2D eigenvalue weighted by Crippen LogP contribution is -2.05. The Labute approximate surface area is 108 Å². The lowest BCUT2D eigenvalue weighted by Gasteiger charge is -2.04. The molecule has 1 aromatic heterocycles. The van der Waals surface area contributed by atoms with E-state index in [0.29, 0.717) is 22.8 Å². The van der Waals surface area contributed by atoms with Crippen LogP contribution in [0.15, 0.2) is 24.4 Å². The Balaban J connectivity index is 2.29. The lowest BCUT2D eigenvalue weighted by molar-refractivity contribution is 0.0691. The SMILES string of the molecule is Cc1nn(Cc2ccc(F)c(C(=O)O)c2)cc1Cl. The summed E-state index contributed by atoms with van der Waals surface area (Å²) in [6.07, 6.45) is 1.64. The van der Waals surface area contributed by atoms with Gasteiger partial charge in [-0.2, -0.15) is 5.10 Å². The van der Waals surface area contributed by atoms with Crippen molar-refractivity contribution in [3.63, 3.8) is 0 Å². The van der Waals surface area contributed by atoms with Crippen molar-refractivity contribution in [1.29, 1.82) is 0 Å². The van der Waals surface area contributed by atoms with Crippen LogP contribution in [0.25, 0.3) is 0 Å². The van der Waals surface area contributed by atoms with Crippen molar-refractivity contribution in [3.8, 4) is 0 Å². The number of rotatable bonds is 3. The van der Waals surface area contributed by atoms with E-state index in [1.165, 1.54) is 12.1 Å². The molecule has 4 nitrogen and oxygen atoms in total. The zero-order chi connectivity index (χ0) is 13.3. The average molecular weight is 269 g/mol. The van der Waals surface area contributed by atoms with Crippen LogP contribution < -0.4 is 0 Å². The van der Waals surface area contributed by atoms with Crippen molar-refractivity contribution in [3.05, 3.63) is 52.1 Å². The first-order valence-electron chi connectivity index (χ1n) is 5.18. The van der Waals surface area contributed by atoms with Crippen molar-refractivity contribution < 1.29 is 14.3 Å². The van der Waals surface area contributed by atoms with Gasteiger partial charge in [0.1, 0.15) is 5.82 Å².